The zero-order valence-corrected chi connectivity index (χ0v) is 20.6. The lowest BCUT2D eigenvalue weighted by Crippen LogP contribution is -2.49. The van der Waals surface area contributed by atoms with Gasteiger partial charge in [0.15, 0.2) is 0 Å². The maximum absolute atomic E-state index is 13.0. The van der Waals surface area contributed by atoms with Crippen LogP contribution in [0.4, 0.5) is 24.8 Å². The predicted molar refractivity (Wildman–Crippen MR) is 128 cm³/mol. The first kappa shape index (κ1) is 25.4. The van der Waals surface area contributed by atoms with Crippen LogP contribution in [-0.2, 0) is 15.7 Å². The second-order valence-electron chi connectivity index (χ2n) is 9.83. The van der Waals surface area contributed by atoms with Gasteiger partial charge in [-0.1, -0.05) is 0 Å². The molecule has 37 heavy (non-hydrogen) atoms. The van der Waals surface area contributed by atoms with E-state index < -0.39 is 11.7 Å². The molecule has 1 amide bonds. The minimum Gasteiger partial charge on any atom is -0.372 e. The number of aromatic nitrogens is 4. The van der Waals surface area contributed by atoms with Crippen molar-refractivity contribution < 1.29 is 22.7 Å². The summed E-state index contributed by atoms with van der Waals surface area (Å²) in [6.45, 7) is 4.44. The average Bonchev–Trinajstić information content (AvgIpc) is 3.55. The smallest absolute Gasteiger partial charge is 0.372 e. The van der Waals surface area contributed by atoms with Gasteiger partial charge in [-0.05, 0) is 32.6 Å². The van der Waals surface area contributed by atoms with Crippen LogP contribution in [0.2, 0.25) is 0 Å². The molecule has 3 aliphatic rings. The van der Waals surface area contributed by atoms with Gasteiger partial charge in [-0.25, -0.2) is 15.1 Å². The van der Waals surface area contributed by atoms with E-state index in [1.165, 1.54) is 0 Å². The number of nitrogens with zero attached hydrogens (tertiary/aromatic N) is 6. The van der Waals surface area contributed by atoms with Gasteiger partial charge in [0, 0.05) is 50.7 Å². The molecule has 1 N–H and O–H groups in total. The molecule has 0 spiro atoms. The fourth-order valence-electron chi connectivity index (χ4n) is 5.49. The van der Waals surface area contributed by atoms with E-state index in [1.807, 2.05) is 0 Å². The Balaban J connectivity index is 1.12. The molecule has 3 saturated heterocycles. The lowest BCUT2D eigenvalue weighted by molar-refractivity contribution is -0.138. The van der Waals surface area contributed by atoms with Gasteiger partial charge in [0.2, 0.25) is 11.9 Å². The number of aromatic amines is 1. The van der Waals surface area contributed by atoms with Gasteiger partial charge in [-0.2, -0.15) is 18.3 Å². The number of hydrogen-bond acceptors (Lipinski definition) is 8. The highest BCUT2D eigenvalue weighted by Crippen LogP contribution is 2.35. The molecule has 200 valence electrons. The van der Waals surface area contributed by atoms with Crippen LogP contribution in [0.1, 0.15) is 43.2 Å². The van der Waals surface area contributed by atoms with Crippen molar-refractivity contribution in [3.05, 3.63) is 40.1 Å². The molecule has 5 rings (SSSR count). The third-order valence-corrected chi connectivity index (χ3v) is 7.54. The first-order chi connectivity index (χ1) is 17.7. The zero-order chi connectivity index (χ0) is 26.2. The topological polar surface area (TPSA) is 108 Å². The molecule has 3 fully saturated rings. The van der Waals surface area contributed by atoms with Crippen LogP contribution >= 0.6 is 0 Å². The summed E-state index contributed by atoms with van der Waals surface area (Å²) in [6, 6.07) is 0.148. The normalized spacial score (nSPS) is 24.6. The third kappa shape index (κ3) is 5.41. The summed E-state index contributed by atoms with van der Waals surface area (Å²) >= 11 is 0. The fourth-order valence-corrected chi connectivity index (χ4v) is 5.49. The number of piperazine rings is 1. The van der Waals surface area contributed by atoms with Crippen LogP contribution in [0.15, 0.2) is 23.4 Å². The van der Waals surface area contributed by atoms with Crippen molar-refractivity contribution in [2.75, 3.05) is 42.5 Å². The van der Waals surface area contributed by atoms with Crippen molar-refractivity contribution in [2.24, 2.45) is 0 Å². The predicted octanol–water partition coefficient (Wildman–Crippen LogP) is 2.14. The SMILES string of the molecule is Cc1c(N2CCC[C@H]2[C@H]2CC[C@H](CC(=O)N3CCN(c4ncc(C(F)(F)F)cn4)CC3)O2)cn[nH]c1=O. The highest BCUT2D eigenvalue weighted by molar-refractivity contribution is 5.77. The molecule has 0 aromatic carbocycles. The number of rotatable bonds is 5. The van der Waals surface area contributed by atoms with Gasteiger partial charge in [-0.15, -0.1) is 0 Å². The summed E-state index contributed by atoms with van der Waals surface area (Å²) in [5, 5.41) is 6.44. The quantitative estimate of drug-likeness (QED) is 0.638. The lowest BCUT2D eigenvalue weighted by Gasteiger charge is -2.35. The van der Waals surface area contributed by atoms with Gasteiger partial charge in [0.1, 0.15) is 0 Å². The Morgan fingerprint density at radius 1 is 1.08 bits per heavy atom. The largest absolute Gasteiger partial charge is 0.419 e. The van der Waals surface area contributed by atoms with Crippen LogP contribution in [-0.4, -0.2) is 81.9 Å². The molecule has 3 atom stereocenters. The molecule has 0 aliphatic carbocycles. The molecule has 5 heterocycles. The van der Waals surface area contributed by atoms with Crippen LogP contribution in [0.25, 0.3) is 0 Å². The number of ether oxygens (including phenoxy) is 1. The van der Waals surface area contributed by atoms with Gasteiger partial charge >= 0.3 is 6.18 Å². The third-order valence-electron chi connectivity index (χ3n) is 7.54. The second-order valence-corrected chi connectivity index (χ2v) is 9.83. The van der Waals surface area contributed by atoms with Crippen LogP contribution in [0.5, 0.6) is 0 Å². The van der Waals surface area contributed by atoms with Gasteiger partial charge in [0.25, 0.3) is 5.56 Å². The second kappa shape index (κ2) is 10.3. The van der Waals surface area contributed by atoms with Crippen molar-refractivity contribution in [2.45, 2.75) is 63.5 Å². The number of halogens is 3. The van der Waals surface area contributed by atoms with E-state index in [-0.39, 0.29) is 35.7 Å². The zero-order valence-electron chi connectivity index (χ0n) is 20.6. The Kier molecular flexibility index (Phi) is 7.06. The molecule has 10 nitrogen and oxygen atoms in total. The number of amides is 1. The maximum atomic E-state index is 13.0. The number of carbonyl (C=O) groups is 1. The minimum atomic E-state index is -4.47. The lowest BCUT2D eigenvalue weighted by atomic mass is 10.0. The fraction of sp³-hybridized carbons (Fsp3) is 0.625. The molecule has 0 radical (unpaired) electrons. The molecular weight excluding hydrogens is 491 g/mol. The van der Waals surface area contributed by atoms with E-state index in [1.54, 1.807) is 22.9 Å². The molecule has 0 unspecified atom stereocenters. The van der Waals surface area contributed by atoms with Crippen molar-refractivity contribution in [1.29, 1.82) is 0 Å². The van der Waals surface area contributed by atoms with E-state index in [9.17, 15) is 22.8 Å². The van der Waals surface area contributed by atoms with E-state index in [2.05, 4.69) is 25.1 Å². The molecule has 3 aliphatic heterocycles. The number of anilines is 2. The molecule has 2 aromatic heterocycles. The van der Waals surface area contributed by atoms with Crippen molar-refractivity contribution in [3.8, 4) is 0 Å². The monoisotopic (exact) mass is 521 g/mol. The minimum absolute atomic E-state index is 0.00680. The van der Waals surface area contributed by atoms with E-state index in [0.717, 1.165) is 50.3 Å². The van der Waals surface area contributed by atoms with E-state index in [4.69, 9.17) is 4.74 Å². The Bertz CT molecular complexity index is 1170. The molecule has 13 heteroatoms. The summed E-state index contributed by atoms with van der Waals surface area (Å²) in [7, 11) is 0. The van der Waals surface area contributed by atoms with Crippen molar-refractivity contribution >= 4 is 17.5 Å². The standard InChI is InChI=1S/C24H30F3N7O3/c1-15-19(14-30-31-22(15)36)34-6-2-3-18(34)20-5-4-17(37-20)11-21(35)32-7-9-33(10-8-32)23-28-12-16(13-29-23)24(25,26)27/h12-14,17-18,20H,2-11H2,1H3,(H,31,36)/t17-,18+,20-/m1/s1. The first-order valence-electron chi connectivity index (χ1n) is 12.6. The highest BCUT2D eigenvalue weighted by atomic mass is 19.4. The number of nitrogens with one attached hydrogen (secondary N) is 1. The summed E-state index contributed by atoms with van der Waals surface area (Å²) in [5.74, 6) is 0.241. The highest BCUT2D eigenvalue weighted by Gasteiger charge is 2.39. The van der Waals surface area contributed by atoms with Gasteiger partial charge in [0.05, 0.1) is 42.1 Å². The summed E-state index contributed by atoms with van der Waals surface area (Å²) in [4.78, 5) is 38.5. The Morgan fingerprint density at radius 3 is 2.51 bits per heavy atom. The number of hydrogen-bond donors (Lipinski definition) is 1. The van der Waals surface area contributed by atoms with Crippen molar-refractivity contribution in [3.63, 3.8) is 0 Å². The molecule has 0 bridgehead atoms. The first-order valence-corrected chi connectivity index (χ1v) is 12.6. The van der Waals surface area contributed by atoms with E-state index >= 15 is 0 Å². The van der Waals surface area contributed by atoms with E-state index in [0.29, 0.717) is 38.2 Å². The van der Waals surface area contributed by atoms with Gasteiger partial charge in [-0.3, -0.25) is 9.59 Å². The van der Waals surface area contributed by atoms with Crippen LogP contribution in [0, 0.1) is 6.92 Å². The van der Waals surface area contributed by atoms with Crippen LogP contribution < -0.4 is 15.4 Å². The average molecular weight is 522 g/mol. The number of carbonyl (C=O) groups excluding carboxylic acids is 1. The summed E-state index contributed by atoms with van der Waals surface area (Å²) in [5.41, 5.74) is 0.408. The van der Waals surface area contributed by atoms with Crippen molar-refractivity contribution in [1.82, 2.24) is 25.1 Å². The number of alkyl halides is 3. The summed E-state index contributed by atoms with van der Waals surface area (Å²) in [6.07, 6.45) is 2.55. The Morgan fingerprint density at radius 2 is 1.81 bits per heavy atom. The maximum Gasteiger partial charge on any atom is 0.419 e. The molecule has 2 aromatic rings. The molecular formula is C24H30F3N7O3. The van der Waals surface area contributed by atoms with Crippen LogP contribution in [0.3, 0.4) is 0 Å². The Hall–Kier alpha value is -3.22. The number of H-pyrrole nitrogens is 1. The molecule has 0 saturated carbocycles. The summed E-state index contributed by atoms with van der Waals surface area (Å²) < 4.78 is 44.6. The van der Waals surface area contributed by atoms with Gasteiger partial charge < -0.3 is 19.4 Å². The Labute approximate surface area is 211 Å².